The van der Waals surface area contributed by atoms with Crippen LogP contribution in [0, 0.1) is 36.8 Å². The van der Waals surface area contributed by atoms with E-state index in [0.717, 1.165) is 11.1 Å². The number of rotatable bonds is 4. The van der Waals surface area contributed by atoms with Gasteiger partial charge in [0.05, 0.1) is 16.5 Å². The summed E-state index contributed by atoms with van der Waals surface area (Å²) < 4.78 is 5.45. The van der Waals surface area contributed by atoms with Crippen LogP contribution in [0.3, 0.4) is 0 Å². The highest BCUT2D eigenvalue weighted by Gasteiger charge is 2.37. The molecule has 2 aromatic carbocycles. The van der Waals surface area contributed by atoms with Crippen molar-refractivity contribution >= 4 is 23.3 Å². The monoisotopic (exact) mass is 368 g/mol. The molecule has 0 aliphatic carbocycles. The molecule has 1 fully saturated rings. The largest absolute Gasteiger partial charge is 0.426 e. The average molecular weight is 368 g/mol. The van der Waals surface area contributed by atoms with Crippen LogP contribution in [0.2, 0.25) is 0 Å². The van der Waals surface area contributed by atoms with E-state index in [-0.39, 0.29) is 24.6 Å². The fourth-order valence-electron chi connectivity index (χ4n) is 3.27. The van der Waals surface area contributed by atoms with Gasteiger partial charge in [0.2, 0.25) is 5.91 Å². The normalized spacial score (nSPS) is 16.5. The van der Waals surface area contributed by atoms with Gasteiger partial charge in [-0.3, -0.25) is 19.7 Å². The van der Waals surface area contributed by atoms with Gasteiger partial charge in [-0.05, 0) is 50.1 Å². The lowest BCUT2D eigenvalue weighted by molar-refractivity contribution is -0.385. The van der Waals surface area contributed by atoms with E-state index < -0.39 is 16.8 Å². The third-order valence-electron chi connectivity index (χ3n) is 4.57. The number of nitrogens with zero attached hydrogens (tertiary/aromatic N) is 2. The summed E-state index contributed by atoms with van der Waals surface area (Å²) in [6, 6.07) is 10.1. The summed E-state index contributed by atoms with van der Waals surface area (Å²) in [6.45, 7) is 5.60. The quantitative estimate of drug-likeness (QED) is 0.357. The van der Waals surface area contributed by atoms with E-state index in [1.165, 1.54) is 11.0 Å². The van der Waals surface area contributed by atoms with Gasteiger partial charge in [-0.1, -0.05) is 12.1 Å². The molecular weight excluding hydrogens is 348 g/mol. The number of benzene rings is 2. The first-order valence-electron chi connectivity index (χ1n) is 8.60. The van der Waals surface area contributed by atoms with Crippen LogP contribution < -0.4 is 9.64 Å². The minimum Gasteiger partial charge on any atom is -0.426 e. The van der Waals surface area contributed by atoms with E-state index in [1.54, 1.807) is 31.2 Å². The molecule has 1 aliphatic heterocycles. The van der Waals surface area contributed by atoms with Crippen molar-refractivity contribution in [3.63, 3.8) is 0 Å². The zero-order valence-corrected chi connectivity index (χ0v) is 15.4. The first-order chi connectivity index (χ1) is 12.7. The van der Waals surface area contributed by atoms with Gasteiger partial charge in [-0.2, -0.15) is 0 Å². The van der Waals surface area contributed by atoms with Crippen LogP contribution >= 0.6 is 0 Å². The molecule has 2 aromatic rings. The van der Waals surface area contributed by atoms with E-state index in [4.69, 9.17) is 4.74 Å². The number of anilines is 1. The maximum Gasteiger partial charge on any atom is 0.316 e. The summed E-state index contributed by atoms with van der Waals surface area (Å²) >= 11 is 0. The van der Waals surface area contributed by atoms with Crippen molar-refractivity contribution in [2.45, 2.75) is 27.2 Å². The minimum atomic E-state index is -0.612. The highest BCUT2D eigenvalue weighted by atomic mass is 16.6. The van der Waals surface area contributed by atoms with Gasteiger partial charge in [-0.25, -0.2) is 0 Å². The second kappa shape index (κ2) is 7.19. The third kappa shape index (κ3) is 3.97. The number of ether oxygens (including phenoxy) is 1. The molecule has 1 heterocycles. The molecule has 0 aromatic heterocycles. The van der Waals surface area contributed by atoms with E-state index in [2.05, 4.69) is 0 Å². The Bertz CT molecular complexity index is 918. The van der Waals surface area contributed by atoms with Gasteiger partial charge in [0.15, 0.2) is 0 Å². The maximum atomic E-state index is 12.5. The number of aryl methyl sites for hydroxylation is 3. The van der Waals surface area contributed by atoms with E-state index in [0.29, 0.717) is 17.0 Å². The molecule has 27 heavy (non-hydrogen) atoms. The van der Waals surface area contributed by atoms with Crippen LogP contribution in [0.15, 0.2) is 36.4 Å². The van der Waals surface area contributed by atoms with Crippen molar-refractivity contribution in [2.24, 2.45) is 5.92 Å². The van der Waals surface area contributed by atoms with Gasteiger partial charge in [0, 0.05) is 24.6 Å². The van der Waals surface area contributed by atoms with Crippen LogP contribution in [-0.4, -0.2) is 23.3 Å². The molecule has 0 N–H and O–H groups in total. The van der Waals surface area contributed by atoms with Crippen molar-refractivity contribution in [1.29, 1.82) is 0 Å². The van der Waals surface area contributed by atoms with Gasteiger partial charge < -0.3 is 9.64 Å². The molecule has 1 amide bonds. The molecular formula is C20H20N2O5. The van der Waals surface area contributed by atoms with E-state index >= 15 is 0 Å². The number of nitro benzene ring substituents is 1. The Balaban J connectivity index is 1.76. The summed E-state index contributed by atoms with van der Waals surface area (Å²) in [6.07, 6.45) is 0.0192. The first-order valence-corrected chi connectivity index (χ1v) is 8.60. The zero-order valence-electron chi connectivity index (χ0n) is 15.4. The van der Waals surface area contributed by atoms with Crippen molar-refractivity contribution in [1.82, 2.24) is 0 Å². The second-order valence-corrected chi connectivity index (χ2v) is 6.88. The Hall–Kier alpha value is -3.22. The van der Waals surface area contributed by atoms with Crippen molar-refractivity contribution in [3.8, 4) is 5.75 Å². The highest BCUT2D eigenvalue weighted by Crippen LogP contribution is 2.30. The fraction of sp³-hybridized carbons (Fsp3) is 0.300. The highest BCUT2D eigenvalue weighted by molar-refractivity contribution is 6.00. The Kier molecular flexibility index (Phi) is 4.94. The topological polar surface area (TPSA) is 89.8 Å². The third-order valence-corrected chi connectivity index (χ3v) is 4.57. The average Bonchev–Trinajstić information content (AvgIpc) is 2.96. The zero-order chi connectivity index (χ0) is 19.7. The Morgan fingerprint density at radius 1 is 1.15 bits per heavy atom. The number of hydrogen-bond acceptors (Lipinski definition) is 5. The number of esters is 1. The molecule has 7 nitrogen and oxygen atoms in total. The smallest absolute Gasteiger partial charge is 0.316 e. The van der Waals surface area contributed by atoms with E-state index in [9.17, 15) is 19.7 Å². The van der Waals surface area contributed by atoms with Crippen molar-refractivity contribution in [3.05, 3.63) is 63.2 Å². The number of nitro groups is 1. The number of amides is 1. The molecule has 7 heteroatoms. The van der Waals surface area contributed by atoms with Gasteiger partial charge in [-0.15, -0.1) is 0 Å². The minimum absolute atomic E-state index is 0.0192. The van der Waals surface area contributed by atoms with Gasteiger partial charge >= 0.3 is 5.97 Å². The molecule has 0 saturated carbocycles. The Morgan fingerprint density at radius 3 is 2.44 bits per heavy atom. The van der Waals surface area contributed by atoms with Crippen LogP contribution in [0.4, 0.5) is 11.4 Å². The second-order valence-electron chi connectivity index (χ2n) is 6.88. The summed E-state index contributed by atoms with van der Waals surface area (Å²) in [5, 5.41) is 11.1. The molecule has 0 radical (unpaired) electrons. The molecule has 0 spiro atoms. The van der Waals surface area contributed by atoms with Crippen molar-refractivity contribution < 1.29 is 19.2 Å². The van der Waals surface area contributed by atoms with Crippen LogP contribution in [0.1, 0.15) is 23.1 Å². The molecule has 1 aliphatic rings. The lowest BCUT2D eigenvalue weighted by atomic mass is 10.1. The van der Waals surface area contributed by atoms with Crippen molar-refractivity contribution in [2.75, 3.05) is 11.4 Å². The Morgan fingerprint density at radius 2 is 1.81 bits per heavy atom. The first kappa shape index (κ1) is 18.6. The molecule has 1 atom stereocenters. The van der Waals surface area contributed by atoms with Crippen LogP contribution in [-0.2, 0) is 9.59 Å². The summed E-state index contributed by atoms with van der Waals surface area (Å²) in [4.78, 5) is 36.9. The number of hydrogen-bond donors (Lipinski definition) is 0. The maximum absolute atomic E-state index is 12.5. The van der Waals surface area contributed by atoms with Crippen LogP contribution in [0.5, 0.6) is 5.75 Å². The summed E-state index contributed by atoms with van der Waals surface area (Å²) in [7, 11) is 0. The standard InChI is InChI=1S/C20H20N2O5/c1-12-6-13(2)8-17(7-12)27-20(24)15-9-19(23)21(11-15)16-5-4-14(3)18(10-16)22(25)26/h4-8,10,15H,9,11H2,1-3H3/t15-/m1/s1. The lowest BCUT2D eigenvalue weighted by Crippen LogP contribution is -2.27. The van der Waals surface area contributed by atoms with Crippen LogP contribution in [0.25, 0.3) is 0 Å². The van der Waals surface area contributed by atoms with Gasteiger partial charge in [0.1, 0.15) is 5.75 Å². The van der Waals surface area contributed by atoms with Gasteiger partial charge in [0.25, 0.3) is 5.69 Å². The molecule has 3 rings (SSSR count). The predicted molar refractivity (Wildman–Crippen MR) is 99.8 cm³/mol. The molecule has 1 saturated heterocycles. The SMILES string of the molecule is Cc1cc(C)cc(OC(=O)[C@@H]2CC(=O)N(c3ccc(C)c([N+](=O)[O-])c3)C2)c1. The Labute approximate surface area is 156 Å². The number of carbonyl (C=O) groups is 2. The predicted octanol–water partition coefficient (Wildman–Crippen LogP) is 3.48. The molecule has 140 valence electrons. The summed E-state index contributed by atoms with van der Waals surface area (Å²) in [5.74, 6) is -0.888. The van der Waals surface area contributed by atoms with E-state index in [1.807, 2.05) is 19.9 Å². The summed E-state index contributed by atoms with van der Waals surface area (Å²) in [5.41, 5.74) is 2.84. The lowest BCUT2D eigenvalue weighted by Gasteiger charge is -2.17. The molecule has 0 unspecified atom stereocenters. The fourth-order valence-corrected chi connectivity index (χ4v) is 3.27. The molecule has 0 bridgehead atoms. The number of carbonyl (C=O) groups excluding carboxylic acids is 2.